The van der Waals surface area contributed by atoms with Gasteiger partial charge in [-0.25, -0.2) is 4.79 Å². The first-order chi connectivity index (χ1) is 11.7. The van der Waals surface area contributed by atoms with Gasteiger partial charge in [0.25, 0.3) is 0 Å². The van der Waals surface area contributed by atoms with E-state index in [0.29, 0.717) is 16.1 Å². The highest BCUT2D eigenvalue weighted by molar-refractivity contribution is 7.51. The molecule has 0 saturated heterocycles. The summed E-state index contributed by atoms with van der Waals surface area (Å²) in [6.07, 6.45) is -0.412. The monoisotopic (exact) mass is 389 g/mol. The molecule has 1 aromatic heterocycles. The van der Waals surface area contributed by atoms with Crippen molar-refractivity contribution in [3.63, 3.8) is 0 Å². The van der Waals surface area contributed by atoms with Crippen LogP contribution >= 0.6 is 19.2 Å². The molecule has 0 amide bonds. The molecule has 0 aliphatic carbocycles. The summed E-state index contributed by atoms with van der Waals surface area (Å²) in [5.41, 5.74) is 6.28. The smallest absolute Gasteiger partial charge is 0.350 e. The lowest BCUT2D eigenvalue weighted by Crippen LogP contribution is -2.32. The molecular weight excluding hydrogens is 373 g/mol. The second-order valence-electron chi connectivity index (χ2n) is 5.25. The van der Waals surface area contributed by atoms with Gasteiger partial charge >= 0.3 is 13.3 Å². The zero-order valence-electron chi connectivity index (χ0n) is 12.9. The first-order valence-corrected chi connectivity index (χ1v) is 9.27. The molecule has 0 spiro atoms. The fourth-order valence-corrected chi connectivity index (χ4v) is 2.60. The lowest BCUT2D eigenvalue weighted by atomic mass is 10.1. The molecule has 2 rings (SSSR count). The Bertz CT molecular complexity index is 835. The summed E-state index contributed by atoms with van der Waals surface area (Å²) in [4.78, 5) is 33.4. The number of nitrogen functional groups attached to an aromatic ring is 1. The Balaban J connectivity index is 2.28. The molecule has 1 heterocycles. The van der Waals surface area contributed by atoms with Gasteiger partial charge in [-0.2, -0.15) is 4.98 Å². The lowest BCUT2D eigenvalue weighted by Gasteiger charge is -2.18. The van der Waals surface area contributed by atoms with Crippen molar-refractivity contribution >= 4 is 25.0 Å². The molecule has 9 nitrogen and oxygen atoms in total. The zero-order chi connectivity index (χ0) is 18.6. The normalized spacial score (nSPS) is 13.0. The molecule has 2 aromatic rings. The van der Waals surface area contributed by atoms with Crippen molar-refractivity contribution in [3.8, 4) is 11.1 Å². The lowest BCUT2D eigenvalue weighted by molar-refractivity contribution is 0.0189. The molecule has 0 radical (unpaired) electrons. The molecule has 0 aliphatic rings. The summed E-state index contributed by atoms with van der Waals surface area (Å²) < 4.78 is 17.0. The summed E-state index contributed by atoms with van der Waals surface area (Å²) in [7, 11) is -4.39. The number of ether oxygens (including phenoxy) is 1. The average Bonchev–Trinajstić information content (AvgIpc) is 2.53. The van der Waals surface area contributed by atoms with Gasteiger partial charge in [-0.1, -0.05) is 23.7 Å². The fourth-order valence-electron chi connectivity index (χ4n) is 2.07. The van der Waals surface area contributed by atoms with Crippen LogP contribution < -0.4 is 11.4 Å². The van der Waals surface area contributed by atoms with Crippen LogP contribution in [0.15, 0.2) is 35.3 Å². The number of nitrogens with two attached hydrogens (primary N) is 1. The molecule has 136 valence electrons. The van der Waals surface area contributed by atoms with Crippen molar-refractivity contribution in [1.29, 1.82) is 0 Å². The van der Waals surface area contributed by atoms with Gasteiger partial charge in [-0.05, 0) is 17.7 Å². The van der Waals surface area contributed by atoms with Gasteiger partial charge in [-0.15, -0.1) is 0 Å². The molecule has 5 N–H and O–H groups in total. The van der Waals surface area contributed by atoms with Gasteiger partial charge in [-0.3, -0.25) is 9.13 Å². The molecule has 1 aromatic carbocycles. The van der Waals surface area contributed by atoms with E-state index in [-0.39, 0.29) is 12.4 Å². The quantitative estimate of drug-likeness (QED) is 0.505. The topological polar surface area (TPSA) is 148 Å². The Kier molecular flexibility index (Phi) is 6.34. The van der Waals surface area contributed by atoms with E-state index >= 15 is 0 Å². The van der Waals surface area contributed by atoms with Crippen molar-refractivity contribution in [1.82, 2.24) is 9.55 Å². The predicted octanol–water partition coefficient (Wildman–Crippen LogP) is 0.659. The van der Waals surface area contributed by atoms with Crippen LogP contribution in [-0.4, -0.2) is 43.5 Å². The number of benzene rings is 1. The molecule has 0 aliphatic heterocycles. The minimum atomic E-state index is -4.39. The maximum absolute atomic E-state index is 12.0. The first-order valence-electron chi connectivity index (χ1n) is 7.09. The van der Waals surface area contributed by atoms with Crippen molar-refractivity contribution < 1.29 is 24.2 Å². The molecule has 25 heavy (non-hydrogen) atoms. The summed E-state index contributed by atoms with van der Waals surface area (Å²) in [6, 6.07) is 6.73. The maximum atomic E-state index is 12.0. The number of hydrogen-bond donors (Lipinski definition) is 4. The number of aromatic nitrogens is 2. The Morgan fingerprint density at radius 3 is 2.52 bits per heavy atom. The third kappa shape index (κ3) is 5.64. The largest absolute Gasteiger partial charge is 0.394 e. The molecule has 11 heteroatoms. The zero-order valence-corrected chi connectivity index (χ0v) is 14.6. The highest BCUT2D eigenvalue weighted by Gasteiger charge is 2.19. The predicted molar refractivity (Wildman–Crippen MR) is 92.2 cm³/mol. The van der Waals surface area contributed by atoms with E-state index in [1.54, 1.807) is 24.3 Å². The van der Waals surface area contributed by atoms with Crippen molar-refractivity contribution in [2.24, 2.45) is 0 Å². The Morgan fingerprint density at radius 2 is 1.96 bits per heavy atom. The molecule has 0 saturated carbocycles. The van der Waals surface area contributed by atoms with E-state index in [0.717, 1.165) is 4.57 Å². The van der Waals surface area contributed by atoms with E-state index in [4.69, 9.17) is 31.9 Å². The number of anilines is 1. The highest BCUT2D eigenvalue weighted by Crippen LogP contribution is 2.34. The Hall–Kier alpha value is -1.74. The van der Waals surface area contributed by atoms with Crippen molar-refractivity contribution in [2.45, 2.75) is 12.6 Å². The number of rotatable bonds is 7. The van der Waals surface area contributed by atoms with E-state index < -0.39 is 32.3 Å². The SMILES string of the molecule is Nc1nc(=O)n(C[C@@H](CO)OCP(=O)(O)O)cc1-c1ccc(Cl)cc1. The average molecular weight is 390 g/mol. The summed E-state index contributed by atoms with van der Waals surface area (Å²) >= 11 is 5.84. The van der Waals surface area contributed by atoms with Gasteiger partial charge in [0.1, 0.15) is 12.2 Å². The molecule has 0 fully saturated rings. The van der Waals surface area contributed by atoms with Crippen LogP contribution in [0.25, 0.3) is 11.1 Å². The minimum absolute atomic E-state index is 0.0280. The third-order valence-electron chi connectivity index (χ3n) is 3.26. The number of aliphatic hydroxyl groups excluding tert-OH is 1. The van der Waals surface area contributed by atoms with Crippen LogP contribution in [0.2, 0.25) is 5.02 Å². The maximum Gasteiger partial charge on any atom is 0.350 e. The van der Waals surface area contributed by atoms with E-state index in [1.165, 1.54) is 6.20 Å². The van der Waals surface area contributed by atoms with Crippen LogP contribution in [-0.2, 0) is 15.8 Å². The fraction of sp³-hybridized carbons (Fsp3) is 0.286. The van der Waals surface area contributed by atoms with Gasteiger partial charge < -0.3 is 25.4 Å². The van der Waals surface area contributed by atoms with Gasteiger partial charge in [0.15, 0.2) is 0 Å². The number of hydrogen-bond acceptors (Lipinski definition) is 6. The second-order valence-corrected chi connectivity index (χ2v) is 7.27. The van der Waals surface area contributed by atoms with Crippen LogP contribution in [0.4, 0.5) is 5.82 Å². The Morgan fingerprint density at radius 1 is 1.32 bits per heavy atom. The van der Waals surface area contributed by atoms with Gasteiger partial charge in [0.05, 0.1) is 19.3 Å². The number of halogens is 1. The van der Waals surface area contributed by atoms with Crippen molar-refractivity contribution in [2.75, 3.05) is 18.7 Å². The second kappa shape index (κ2) is 8.09. The third-order valence-corrected chi connectivity index (χ3v) is 4.00. The molecular formula is C14H17ClN3O6P. The van der Waals surface area contributed by atoms with E-state index in [9.17, 15) is 14.5 Å². The van der Waals surface area contributed by atoms with Crippen LogP contribution in [0, 0.1) is 0 Å². The van der Waals surface area contributed by atoms with Crippen LogP contribution in [0.5, 0.6) is 0 Å². The van der Waals surface area contributed by atoms with Gasteiger partial charge in [0, 0.05) is 16.8 Å². The summed E-state index contributed by atoms with van der Waals surface area (Å²) in [6.45, 7) is -0.684. The van der Waals surface area contributed by atoms with E-state index in [2.05, 4.69) is 4.98 Å². The highest BCUT2D eigenvalue weighted by atomic mass is 35.5. The Labute approximate surface area is 147 Å². The molecule has 1 atom stereocenters. The number of aliphatic hydroxyl groups is 1. The van der Waals surface area contributed by atoms with Crippen LogP contribution in [0.3, 0.4) is 0 Å². The first kappa shape index (κ1) is 19.6. The standard InChI is InChI=1S/C14H17ClN3O6P/c15-10-3-1-9(2-4-10)12-6-18(14(20)17-13(12)16)5-11(7-19)24-8-25(21,22)23/h1-4,6,11,19H,5,7-8H2,(H2,16,17,20)(H2,21,22,23)/t11-/m0/s1. The molecule has 0 bridgehead atoms. The van der Waals surface area contributed by atoms with E-state index in [1.807, 2.05) is 0 Å². The van der Waals surface area contributed by atoms with Crippen molar-refractivity contribution in [3.05, 3.63) is 46.0 Å². The summed E-state index contributed by atoms with van der Waals surface area (Å²) in [5.74, 6) is 0.0280. The van der Waals surface area contributed by atoms with Crippen LogP contribution in [0.1, 0.15) is 0 Å². The minimum Gasteiger partial charge on any atom is -0.394 e. The van der Waals surface area contributed by atoms with Gasteiger partial charge in [0.2, 0.25) is 0 Å². The number of nitrogens with zero attached hydrogens (tertiary/aromatic N) is 2. The summed E-state index contributed by atoms with van der Waals surface area (Å²) in [5, 5.41) is 9.83. The molecule has 0 unspecified atom stereocenters.